The Morgan fingerprint density at radius 2 is 1.69 bits per heavy atom. The fraction of sp³-hybridized carbons (Fsp3) is 0.364. The van der Waals surface area contributed by atoms with Crippen LogP contribution in [0.3, 0.4) is 0 Å². The minimum Gasteiger partial charge on any atom is -0.219 e. The van der Waals surface area contributed by atoms with Crippen molar-refractivity contribution < 1.29 is 0 Å². The number of aliphatic imine (C=N–C) groups is 2. The Labute approximate surface area is 79.0 Å². The minimum absolute atomic E-state index is 0.0989. The van der Waals surface area contributed by atoms with Crippen LogP contribution in [-0.2, 0) is 0 Å². The van der Waals surface area contributed by atoms with E-state index in [1.54, 1.807) is 0 Å². The predicted molar refractivity (Wildman–Crippen MR) is 55.7 cm³/mol. The molecule has 0 saturated heterocycles. The van der Waals surface area contributed by atoms with Crippen LogP contribution < -0.4 is 0 Å². The molecule has 0 N–H and O–H groups in total. The average molecular weight is 174 g/mol. The van der Waals surface area contributed by atoms with Crippen LogP contribution in [0.1, 0.15) is 20.8 Å². The fourth-order valence-electron chi connectivity index (χ4n) is 0.735. The van der Waals surface area contributed by atoms with Crippen molar-refractivity contribution in [1.29, 1.82) is 0 Å². The Morgan fingerprint density at radius 3 is 2.23 bits per heavy atom. The van der Waals surface area contributed by atoms with Crippen molar-refractivity contribution >= 4 is 11.7 Å². The van der Waals surface area contributed by atoms with Gasteiger partial charge in [0.2, 0.25) is 0 Å². The molecule has 0 atom stereocenters. The molecular formula is C11H14N2. The summed E-state index contributed by atoms with van der Waals surface area (Å²) in [5.41, 5.74) is 0.786. The first-order valence-electron chi connectivity index (χ1n) is 4.31. The van der Waals surface area contributed by atoms with E-state index in [0.717, 1.165) is 5.69 Å². The third-order valence-corrected chi connectivity index (χ3v) is 1.32. The van der Waals surface area contributed by atoms with Gasteiger partial charge >= 0.3 is 0 Å². The third-order valence-electron chi connectivity index (χ3n) is 1.32. The Morgan fingerprint density at radius 1 is 1.08 bits per heavy atom. The van der Waals surface area contributed by atoms with Crippen molar-refractivity contribution in [2.75, 3.05) is 0 Å². The predicted octanol–water partition coefficient (Wildman–Crippen LogP) is 3.29. The summed E-state index contributed by atoms with van der Waals surface area (Å²) in [7, 11) is 0. The molecule has 0 aromatic heterocycles. The summed E-state index contributed by atoms with van der Waals surface area (Å²) in [4.78, 5) is 8.21. The Hall–Kier alpha value is -1.40. The second kappa shape index (κ2) is 4.01. The van der Waals surface area contributed by atoms with Crippen molar-refractivity contribution in [3.63, 3.8) is 0 Å². The summed E-state index contributed by atoms with van der Waals surface area (Å²) >= 11 is 0. The number of nitrogens with zero attached hydrogens (tertiary/aromatic N) is 2. The summed E-state index contributed by atoms with van der Waals surface area (Å²) < 4.78 is 0. The molecule has 1 rings (SSSR count). The molecule has 13 heavy (non-hydrogen) atoms. The lowest BCUT2D eigenvalue weighted by atomic mass is 10.1. The molecule has 0 amide bonds. The van der Waals surface area contributed by atoms with Gasteiger partial charge in [-0.2, -0.15) is 4.99 Å². The van der Waals surface area contributed by atoms with E-state index in [4.69, 9.17) is 0 Å². The molecule has 0 heterocycles. The molecule has 0 radical (unpaired) electrons. The molecule has 1 aromatic carbocycles. The van der Waals surface area contributed by atoms with Gasteiger partial charge in [0.05, 0.1) is 17.2 Å². The van der Waals surface area contributed by atoms with E-state index in [1.807, 2.05) is 51.1 Å². The van der Waals surface area contributed by atoms with E-state index in [2.05, 4.69) is 16.0 Å². The maximum Gasteiger partial charge on any atom is 0.0954 e. The highest BCUT2D eigenvalue weighted by Crippen LogP contribution is 2.09. The summed E-state index contributed by atoms with van der Waals surface area (Å²) in [5, 5.41) is 0. The zero-order chi connectivity index (χ0) is 9.73. The molecule has 68 valence electrons. The van der Waals surface area contributed by atoms with Gasteiger partial charge in [-0.3, -0.25) is 0 Å². The second-order valence-corrected chi connectivity index (χ2v) is 3.83. The van der Waals surface area contributed by atoms with Gasteiger partial charge in [0.15, 0.2) is 0 Å². The Kier molecular flexibility index (Phi) is 2.99. The van der Waals surface area contributed by atoms with Crippen molar-refractivity contribution in [2.24, 2.45) is 9.98 Å². The lowest BCUT2D eigenvalue weighted by molar-refractivity contribution is 0.587. The molecule has 0 bridgehead atoms. The highest BCUT2D eigenvalue weighted by Gasteiger charge is 2.03. The first kappa shape index (κ1) is 9.69. The Balaban J connectivity index is 2.75. The van der Waals surface area contributed by atoms with Crippen LogP contribution in [0.25, 0.3) is 0 Å². The summed E-state index contributed by atoms with van der Waals surface area (Å²) in [6, 6.07) is 12.4. The zero-order valence-electron chi connectivity index (χ0n) is 8.28. The summed E-state index contributed by atoms with van der Waals surface area (Å²) in [6.07, 6.45) is 0. The molecule has 0 fully saturated rings. The number of hydrogen-bond acceptors (Lipinski definition) is 2. The third kappa shape index (κ3) is 4.24. The van der Waals surface area contributed by atoms with Crippen LogP contribution >= 0.6 is 0 Å². The standard InChI is InChI=1S/C11H14N2/c1-11(2,3)13-9-12-10-7-5-4-6-8-10/h4-8H,1-3H3. The zero-order valence-corrected chi connectivity index (χ0v) is 8.28. The quantitative estimate of drug-likeness (QED) is 0.584. The van der Waals surface area contributed by atoms with Crippen LogP contribution in [0.4, 0.5) is 5.69 Å². The van der Waals surface area contributed by atoms with Gasteiger partial charge in [-0.05, 0) is 32.9 Å². The molecule has 0 unspecified atom stereocenters. The second-order valence-electron chi connectivity index (χ2n) is 3.83. The molecular weight excluding hydrogens is 160 g/mol. The number of rotatable bonds is 1. The first-order chi connectivity index (χ1) is 6.08. The number of benzene rings is 1. The van der Waals surface area contributed by atoms with Gasteiger partial charge in [0.1, 0.15) is 0 Å². The van der Waals surface area contributed by atoms with Crippen LogP contribution in [0.2, 0.25) is 0 Å². The van der Waals surface area contributed by atoms with Gasteiger partial charge in [0, 0.05) is 0 Å². The van der Waals surface area contributed by atoms with Gasteiger partial charge in [-0.25, -0.2) is 4.99 Å². The molecule has 0 aliphatic rings. The molecule has 2 nitrogen and oxygen atoms in total. The first-order valence-corrected chi connectivity index (χ1v) is 4.31. The van der Waals surface area contributed by atoms with E-state index in [1.165, 1.54) is 0 Å². The summed E-state index contributed by atoms with van der Waals surface area (Å²) in [6.45, 7) is 6.04. The van der Waals surface area contributed by atoms with Gasteiger partial charge in [0.25, 0.3) is 0 Å². The van der Waals surface area contributed by atoms with E-state index in [0.29, 0.717) is 0 Å². The van der Waals surface area contributed by atoms with E-state index in [9.17, 15) is 0 Å². The summed E-state index contributed by atoms with van der Waals surface area (Å²) in [5.74, 6) is 0. The van der Waals surface area contributed by atoms with Crippen molar-refractivity contribution in [3.8, 4) is 0 Å². The van der Waals surface area contributed by atoms with Gasteiger partial charge < -0.3 is 0 Å². The van der Waals surface area contributed by atoms with E-state index < -0.39 is 0 Å². The molecule has 0 aliphatic heterocycles. The molecule has 0 saturated carbocycles. The van der Waals surface area contributed by atoms with E-state index >= 15 is 0 Å². The minimum atomic E-state index is -0.0989. The highest BCUT2D eigenvalue weighted by atomic mass is 14.9. The SMILES string of the molecule is CC(C)(C)N=C=Nc1ccccc1. The Bertz CT molecular complexity index is 314. The molecule has 0 spiro atoms. The molecule has 1 aromatic rings. The van der Waals surface area contributed by atoms with Crippen molar-refractivity contribution in [3.05, 3.63) is 30.3 Å². The van der Waals surface area contributed by atoms with Gasteiger partial charge in [-0.1, -0.05) is 18.2 Å². The van der Waals surface area contributed by atoms with Gasteiger partial charge in [-0.15, -0.1) is 0 Å². The average Bonchev–Trinajstić information content (AvgIpc) is 2.04. The van der Waals surface area contributed by atoms with Crippen molar-refractivity contribution in [1.82, 2.24) is 0 Å². The number of para-hydroxylation sites is 1. The maximum absolute atomic E-state index is 4.14. The lowest BCUT2D eigenvalue weighted by Gasteiger charge is -2.06. The monoisotopic (exact) mass is 174 g/mol. The van der Waals surface area contributed by atoms with E-state index in [-0.39, 0.29) is 5.54 Å². The molecule has 0 aliphatic carbocycles. The van der Waals surface area contributed by atoms with Crippen LogP contribution in [0, 0.1) is 0 Å². The van der Waals surface area contributed by atoms with Crippen LogP contribution in [-0.4, -0.2) is 11.5 Å². The van der Waals surface area contributed by atoms with Crippen molar-refractivity contribution in [2.45, 2.75) is 26.3 Å². The highest BCUT2D eigenvalue weighted by molar-refractivity contribution is 5.52. The normalized spacial score (nSPS) is 10.4. The maximum atomic E-state index is 4.14. The lowest BCUT2D eigenvalue weighted by Crippen LogP contribution is -2.07. The topological polar surface area (TPSA) is 24.7 Å². The fourth-order valence-corrected chi connectivity index (χ4v) is 0.735. The largest absolute Gasteiger partial charge is 0.219 e. The molecule has 2 heteroatoms. The van der Waals surface area contributed by atoms with Crippen LogP contribution in [0.15, 0.2) is 40.3 Å². The van der Waals surface area contributed by atoms with Crippen LogP contribution in [0.5, 0.6) is 0 Å². The smallest absolute Gasteiger partial charge is 0.0954 e. The number of hydrogen-bond donors (Lipinski definition) is 0.